The molecule has 2 saturated heterocycles. The van der Waals surface area contributed by atoms with Gasteiger partial charge >= 0.3 is 0 Å². The smallest absolute Gasteiger partial charge is 0.258 e. The zero-order valence-corrected chi connectivity index (χ0v) is 18.7. The number of amides is 1. The van der Waals surface area contributed by atoms with E-state index in [-0.39, 0.29) is 11.4 Å². The molecule has 1 unspecified atom stereocenters. The fourth-order valence-electron chi connectivity index (χ4n) is 5.66. The van der Waals surface area contributed by atoms with Crippen LogP contribution in [0.3, 0.4) is 0 Å². The van der Waals surface area contributed by atoms with Crippen LogP contribution in [0.15, 0.2) is 35.0 Å². The molecule has 7 heteroatoms. The van der Waals surface area contributed by atoms with Gasteiger partial charge in [0, 0.05) is 18.6 Å². The minimum absolute atomic E-state index is 0.0215. The van der Waals surface area contributed by atoms with Crippen LogP contribution in [0.1, 0.15) is 53.8 Å². The molecule has 1 N–H and O–H groups in total. The number of hydrogen-bond donors (Lipinski definition) is 1. The predicted octanol–water partition coefficient (Wildman–Crippen LogP) is 4.38. The molecule has 3 atom stereocenters. The minimum Gasteiger partial charge on any atom is -0.496 e. The lowest BCUT2D eigenvalue weighted by atomic mass is 9.59. The first-order valence-corrected chi connectivity index (χ1v) is 11.4. The molecule has 4 heterocycles. The van der Waals surface area contributed by atoms with Crippen molar-refractivity contribution in [2.24, 2.45) is 11.8 Å². The van der Waals surface area contributed by atoms with E-state index < -0.39 is 0 Å². The van der Waals surface area contributed by atoms with Gasteiger partial charge < -0.3 is 19.4 Å². The van der Waals surface area contributed by atoms with E-state index in [1.165, 1.54) is 11.9 Å². The van der Waals surface area contributed by atoms with Crippen molar-refractivity contribution in [1.29, 1.82) is 0 Å². The van der Waals surface area contributed by atoms with Crippen LogP contribution in [0.5, 0.6) is 5.75 Å². The van der Waals surface area contributed by atoms with Gasteiger partial charge in [-0.3, -0.25) is 4.79 Å². The number of nitrogens with zero attached hydrogens (tertiary/aromatic N) is 3. The maximum atomic E-state index is 13.7. The molecule has 0 spiro atoms. The zero-order valence-electron chi connectivity index (χ0n) is 18.7. The summed E-state index contributed by atoms with van der Waals surface area (Å²) < 4.78 is 11.5. The molecule has 0 radical (unpaired) electrons. The molecule has 3 aromatic rings. The number of para-hydroxylation sites is 1. The highest BCUT2D eigenvalue weighted by atomic mass is 16.5. The van der Waals surface area contributed by atoms with Crippen LogP contribution in [0, 0.1) is 18.8 Å². The highest BCUT2D eigenvalue weighted by molar-refractivity contribution is 6.10. The first kappa shape index (κ1) is 19.6. The SMILES string of the molecule is COc1ccccc1C1[C@@H]2C[C@H]1CN(C(=O)c1c(C)oc3ncnc(NC4(C)CC4)c13)C2. The number of aromatic nitrogens is 2. The topological polar surface area (TPSA) is 80.5 Å². The van der Waals surface area contributed by atoms with E-state index >= 15 is 0 Å². The molecular formula is C25H28N4O3. The Morgan fingerprint density at radius 3 is 2.69 bits per heavy atom. The normalized spacial score (nSPS) is 25.3. The molecule has 7 nitrogen and oxygen atoms in total. The summed E-state index contributed by atoms with van der Waals surface area (Å²) >= 11 is 0. The number of carbonyl (C=O) groups is 1. The van der Waals surface area contributed by atoms with Crippen molar-refractivity contribution in [2.75, 3.05) is 25.5 Å². The van der Waals surface area contributed by atoms with Crippen LogP contribution >= 0.6 is 0 Å². The van der Waals surface area contributed by atoms with E-state index in [1.54, 1.807) is 7.11 Å². The average molecular weight is 433 g/mol. The molecule has 2 bridgehead atoms. The van der Waals surface area contributed by atoms with Crippen molar-refractivity contribution >= 4 is 22.8 Å². The van der Waals surface area contributed by atoms with Gasteiger partial charge in [0.05, 0.1) is 18.1 Å². The molecule has 4 fully saturated rings. The van der Waals surface area contributed by atoms with Crippen LogP contribution < -0.4 is 10.1 Å². The zero-order chi connectivity index (χ0) is 22.0. The summed E-state index contributed by atoms with van der Waals surface area (Å²) in [4.78, 5) is 24.5. The summed E-state index contributed by atoms with van der Waals surface area (Å²) in [6, 6.07) is 8.28. The van der Waals surface area contributed by atoms with Crippen LogP contribution in [-0.4, -0.2) is 46.5 Å². The fourth-order valence-corrected chi connectivity index (χ4v) is 5.66. The monoisotopic (exact) mass is 432 g/mol. The number of carbonyl (C=O) groups excluding carboxylic acids is 1. The lowest BCUT2D eigenvalue weighted by Crippen LogP contribution is -2.55. The number of furan rings is 1. The maximum absolute atomic E-state index is 13.7. The second kappa shape index (κ2) is 6.95. The van der Waals surface area contributed by atoms with Gasteiger partial charge in [-0.2, -0.15) is 0 Å². The summed E-state index contributed by atoms with van der Waals surface area (Å²) in [7, 11) is 1.73. The second-order valence-corrected chi connectivity index (χ2v) is 9.86. The van der Waals surface area contributed by atoms with Crippen molar-refractivity contribution in [3.8, 4) is 5.75 Å². The third-order valence-corrected chi connectivity index (χ3v) is 7.61. The van der Waals surface area contributed by atoms with Gasteiger partial charge in [-0.15, -0.1) is 0 Å². The van der Waals surface area contributed by atoms with E-state index in [0.717, 1.165) is 38.1 Å². The molecule has 2 saturated carbocycles. The Morgan fingerprint density at radius 2 is 1.97 bits per heavy atom. The Kier molecular flexibility index (Phi) is 4.26. The molecule has 2 aromatic heterocycles. The standard InChI is InChI=1S/C25H28N4O3/c1-14-19(21-22(28-25(2)8-9-25)26-13-27-23(21)32-14)24(30)29-11-15-10-16(12-29)20(15)17-6-4-5-7-18(17)31-3/h4-7,13,15-16,20H,8-12H2,1-3H3,(H,26,27,28)/t15-,16+,20?. The molecule has 4 aliphatic rings. The van der Waals surface area contributed by atoms with Crippen LogP contribution in [-0.2, 0) is 0 Å². The van der Waals surface area contributed by atoms with Crippen LogP contribution in [0.25, 0.3) is 11.1 Å². The molecule has 32 heavy (non-hydrogen) atoms. The third-order valence-electron chi connectivity index (χ3n) is 7.61. The van der Waals surface area contributed by atoms with Gasteiger partial charge in [0.25, 0.3) is 5.91 Å². The van der Waals surface area contributed by atoms with E-state index in [1.807, 2.05) is 24.0 Å². The Balaban J connectivity index is 1.29. The summed E-state index contributed by atoms with van der Waals surface area (Å²) in [6.07, 6.45) is 4.85. The molecule has 166 valence electrons. The number of nitrogens with one attached hydrogen (secondary N) is 1. The number of ether oxygens (including phenoxy) is 1. The number of methoxy groups -OCH3 is 1. The highest BCUT2D eigenvalue weighted by Gasteiger charge is 2.49. The average Bonchev–Trinajstić information content (AvgIpc) is 3.41. The largest absolute Gasteiger partial charge is 0.496 e. The van der Waals surface area contributed by atoms with Crippen molar-refractivity contribution in [2.45, 2.75) is 44.6 Å². The number of fused-ring (bicyclic) bond motifs is 3. The van der Waals surface area contributed by atoms with E-state index in [9.17, 15) is 4.79 Å². The van der Waals surface area contributed by atoms with Gasteiger partial charge in [0.15, 0.2) is 0 Å². The first-order chi connectivity index (χ1) is 15.5. The molecule has 7 rings (SSSR count). The molecule has 2 aliphatic heterocycles. The summed E-state index contributed by atoms with van der Waals surface area (Å²) in [5.74, 6) is 3.63. The number of hydrogen-bond acceptors (Lipinski definition) is 6. The van der Waals surface area contributed by atoms with Crippen molar-refractivity contribution in [1.82, 2.24) is 14.9 Å². The Bertz CT molecular complexity index is 1200. The molecular weight excluding hydrogens is 404 g/mol. The minimum atomic E-state index is 0.0215. The predicted molar refractivity (Wildman–Crippen MR) is 121 cm³/mol. The number of anilines is 1. The lowest BCUT2D eigenvalue weighted by molar-refractivity contribution is 0.00250. The van der Waals surface area contributed by atoms with E-state index in [0.29, 0.717) is 46.0 Å². The number of piperidine rings is 2. The third kappa shape index (κ3) is 2.98. The Morgan fingerprint density at radius 1 is 1.22 bits per heavy atom. The summed E-state index contributed by atoms with van der Waals surface area (Å²) in [6.45, 7) is 5.52. The first-order valence-electron chi connectivity index (χ1n) is 11.4. The van der Waals surface area contributed by atoms with Gasteiger partial charge in [0.2, 0.25) is 5.71 Å². The number of benzene rings is 1. The second-order valence-electron chi connectivity index (χ2n) is 9.86. The van der Waals surface area contributed by atoms with Gasteiger partial charge in [0.1, 0.15) is 23.7 Å². The fraction of sp³-hybridized carbons (Fsp3) is 0.480. The van der Waals surface area contributed by atoms with Gasteiger partial charge in [-0.05, 0) is 62.5 Å². The molecule has 1 aromatic carbocycles. The number of aryl methyl sites for hydroxylation is 1. The Labute approximate surface area is 187 Å². The van der Waals surface area contributed by atoms with E-state index in [4.69, 9.17) is 9.15 Å². The lowest BCUT2D eigenvalue weighted by Gasteiger charge is -2.54. The molecule has 1 amide bonds. The van der Waals surface area contributed by atoms with Crippen LogP contribution in [0.4, 0.5) is 5.82 Å². The van der Waals surface area contributed by atoms with Crippen molar-refractivity contribution in [3.63, 3.8) is 0 Å². The van der Waals surface area contributed by atoms with Gasteiger partial charge in [-0.25, -0.2) is 9.97 Å². The van der Waals surface area contributed by atoms with Crippen molar-refractivity contribution < 1.29 is 13.9 Å². The van der Waals surface area contributed by atoms with Gasteiger partial charge in [-0.1, -0.05) is 18.2 Å². The summed E-state index contributed by atoms with van der Waals surface area (Å²) in [5.41, 5.74) is 2.39. The summed E-state index contributed by atoms with van der Waals surface area (Å²) in [5, 5.41) is 4.22. The van der Waals surface area contributed by atoms with E-state index in [2.05, 4.69) is 34.3 Å². The highest BCUT2D eigenvalue weighted by Crippen LogP contribution is 2.54. The van der Waals surface area contributed by atoms with Crippen LogP contribution in [0.2, 0.25) is 0 Å². The quantitative estimate of drug-likeness (QED) is 0.644. The number of rotatable bonds is 5. The Hall–Kier alpha value is -3.09. The molecule has 2 aliphatic carbocycles. The maximum Gasteiger partial charge on any atom is 0.258 e. The van der Waals surface area contributed by atoms with Crippen molar-refractivity contribution in [3.05, 3.63) is 47.5 Å².